The number of para-hydroxylation sites is 2. The molecule has 3 aromatic carbocycles. The third-order valence-electron chi connectivity index (χ3n) is 5.25. The number of hydrogen-bond acceptors (Lipinski definition) is 5. The maximum Gasteiger partial charge on any atom is 0.204 e. The van der Waals surface area contributed by atoms with Crippen molar-refractivity contribution in [3.8, 4) is 17.1 Å². The van der Waals surface area contributed by atoms with Crippen molar-refractivity contribution in [1.82, 2.24) is 25.0 Å². The first-order valence-corrected chi connectivity index (χ1v) is 9.35. The van der Waals surface area contributed by atoms with Crippen molar-refractivity contribution in [2.75, 3.05) is 0 Å². The van der Waals surface area contributed by atoms with Gasteiger partial charge in [0, 0.05) is 16.5 Å². The third kappa shape index (κ3) is 2.29. The second-order valence-corrected chi connectivity index (χ2v) is 6.98. The van der Waals surface area contributed by atoms with Crippen LogP contribution in [0.25, 0.3) is 50.2 Å². The maximum absolute atomic E-state index is 6.30. The van der Waals surface area contributed by atoms with E-state index in [0.717, 1.165) is 50.1 Å². The zero-order valence-electron chi connectivity index (χ0n) is 15.6. The number of imidazole rings is 1. The summed E-state index contributed by atoms with van der Waals surface area (Å²) < 4.78 is 8.35. The summed E-state index contributed by atoms with van der Waals surface area (Å²) in [5, 5.41) is 14.1. The van der Waals surface area contributed by atoms with Crippen LogP contribution >= 0.6 is 0 Å². The number of hydrogen-bond donors (Lipinski definition) is 0. The molecule has 0 spiro atoms. The van der Waals surface area contributed by atoms with Gasteiger partial charge in [-0.05, 0) is 42.0 Å². The Bertz CT molecular complexity index is 1510. The SMILES string of the molecule is Cc1ccc(-c2nc3nnncc3n2-c2ccccc2)c2oc3ccccc3c12. The summed E-state index contributed by atoms with van der Waals surface area (Å²) in [6, 6.07) is 22.3. The summed E-state index contributed by atoms with van der Waals surface area (Å²) in [6.45, 7) is 2.10. The molecule has 0 aliphatic rings. The molecule has 0 saturated heterocycles. The van der Waals surface area contributed by atoms with Crippen molar-refractivity contribution in [2.24, 2.45) is 0 Å². The molecule has 3 heterocycles. The van der Waals surface area contributed by atoms with Gasteiger partial charge in [0.1, 0.15) is 16.7 Å². The van der Waals surface area contributed by atoms with Crippen molar-refractivity contribution in [3.63, 3.8) is 0 Å². The van der Waals surface area contributed by atoms with Crippen molar-refractivity contribution in [3.05, 3.63) is 78.5 Å². The molecule has 0 amide bonds. The largest absolute Gasteiger partial charge is 0.455 e. The molecule has 6 nitrogen and oxygen atoms in total. The predicted octanol–water partition coefficient (Wildman–Crippen LogP) is 5.09. The number of aromatic nitrogens is 5. The molecule has 6 rings (SSSR count). The van der Waals surface area contributed by atoms with Crippen molar-refractivity contribution >= 4 is 33.1 Å². The van der Waals surface area contributed by atoms with Crippen LogP contribution in [0.5, 0.6) is 0 Å². The molecule has 138 valence electrons. The molecule has 6 aromatic rings. The lowest BCUT2D eigenvalue weighted by Gasteiger charge is -2.10. The summed E-state index contributed by atoms with van der Waals surface area (Å²) in [5.74, 6) is 0.748. The lowest BCUT2D eigenvalue weighted by Crippen LogP contribution is -1.98. The van der Waals surface area contributed by atoms with E-state index >= 15 is 0 Å². The van der Waals surface area contributed by atoms with Gasteiger partial charge in [-0.15, -0.1) is 10.2 Å². The van der Waals surface area contributed by atoms with Crippen molar-refractivity contribution in [1.29, 1.82) is 0 Å². The van der Waals surface area contributed by atoms with Crippen molar-refractivity contribution in [2.45, 2.75) is 6.92 Å². The van der Waals surface area contributed by atoms with Gasteiger partial charge in [-0.1, -0.05) is 42.5 Å². The third-order valence-corrected chi connectivity index (χ3v) is 5.25. The van der Waals surface area contributed by atoms with Crippen LogP contribution in [-0.2, 0) is 0 Å². The zero-order valence-corrected chi connectivity index (χ0v) is 15.6. The minimum absolute atomic E-state index is 0.545. The number of nitrogens with zero attached hydrogens (tertiary/aromatic N) is 5. The summed E-state index contributed by atoms with van der Waals surface area (Å²) in [5.41, 5.74) is 6.07. The van der Waals surface area contributed by atoms with Gasteiger partial charge in [0.05, 0.1) is 11.8 Å². The van der Waals surface area contributed by atoms with Gasteiger partial charge in [0.15, 0.2) is 5.82 Å². The summed E-state index contributed by atoms with van der Waals surface area (Å²) in [7, 11) is 0. The molecule has 0 atom stereocenters. The smallest absolute Gasteiger partial charge is 0.204 e. The Hall–Kier alpha value is -4.06. The van der Waals surface area contributed by atoms with E-state index in [1.807, 2.05) is 53.1 Å². The molecule has 0 aliphatic carbocycles. The van der Waals surface area contributed by atoms with E-state index in [1.54, 1.807) is 6.20 Å². The Balaban J connectivity index is 1.76. The van der Waals surface area contributed by atoms with E-state index in [9.17, 15) is 0 Å². The molecule has 6 heteroatoms. The average Bonchev–Trinajstić information content (AvgIpc) is 3.34. The Morgan fingerprint density at radius 1 is 0.897 bits per heavy atom. The van der Waals surface area contributed by atoms with Crippen LogP contribution < -0.4 is 0 Å². The highest BCUT2D eigenvalue weighted by molar-refractivity contribution is 6.11. The van der Waals surface area contributed by atoms with Crippen LogP contribution in [0, 0.1) is 6.92 Å². The van der Waals surface area contributed by atoms with Crippen LogP contribution in [0.3, 0.4) is 0 Å². The molecular weight excluding hydrogens is 362 g/mol. The fraction of sp³-hybridized carbons (Fsp3) is 0.0435. The number of benzene rings is 3. The summed E-state index contributed by atoms with van der Waals surface area (Å²) >= 11 is 0. The van der Waals surface area contributed by atoms with Gasteiger partial charge in [-0.3, -0.25) is 4.57 Å². The van der Waals surface area contributed by atoms with Crippen LogP contribution in [0.1, 0.15) is 5.56 Å². The van der Waals surface area contributed by atoms with Crippen LogP contribution in [-0.4, -0.2) is 25.0 Å². The standard InChI is InChI=1S/C23H15N5O/c1-14-11-12-17(21-20(14)16-9-5-6-10-19(16)29-21)23-25-22-18(13-24-27-26-22)28(23)15-7-3-2-4-8-15/h2-13H,1H3. The molecule has 0 bridgehead atoms. The van der Waals surface area contributed by atoms with Gasteiger partial charge in [0.2, 0.25) is 5.65 Å². The lowest BCUT2D eigenvalue weighted by molar-refractivity contribution is 0.669. The maximum atomic E-state index is 6.30. The van der Waals surface area contributed by atoms with E-state index < -0.39 is 0 Å². The Labute approximate surface area is 165 Å². The normalized spacial score (nSPS) is 11.6. The molecule has 0 unspecified atom stereocenters. The zero-order chi connectivity index (χ0) is 19.4. The van der Waals surface area contributed by atoms with Crippen LogP contribution in [0.2, 0.25) is 0 Å². The van der Waals surface area contributed by atoms with E-state index in [4.69, 9.17) is 9.40 Å². The van der Waals surface area contributed by atoms with Gasteiger partial charge in [-0.2, -0.15) is 0 Å². The lowest BCUT2D eigenvalue weighted by atomic mass is 10.0. The summed E-state index contributed by atoms with van der Waals surface area (Å²) in [4.78, 5) is 4.80. The fourth-order valence-electron chi connectivity index (χ4n) is 3.95. The second kappa shape index (κ2) is 5.97. The van der Waals surface area contributed by atoms with Crippen LogP contribution in [0.15, 0.2) is 77.3 Å². The first kappa shape index (κ1) is 15.9. The minimum atomic E-state index is 0.545. The second-order valence-electron chi connectivity index (χ2n) is 6.98. The van der Waals surface area contributed by atoms with Crippen molar-refractivity contribution < 1.29 is 4.42 Å². The van der Waals surface area contributed by atoms with E-state index in [0.29, 0.717) is 5.65 Å². The minimum Gasteiger partial charge on any atom is -0.455 e. The highest BCUT2D eigenvalue weighted by Crippen LogP contribution is 2.38. The molecule has 0 N–H and O–H groups in total. The molecule has 0 aliphatic heterocycles. The first-order chi connectivity index (χ1) is 14.3. The Kier molecular flexibility index (Phi) is 3.28. The van der Waals surface area contributed by atoms with Gasteiger partial charge < -0.3 is 4.42 Å². The van der Waals surface area contributed by atoms with E-state index in [-0.39, 0.29) is 0 Å². The van der Waals surface area contributed by atoms with Crippen LogP contribution in [0.4, 0.5) is 0 Å². The molecule has 3 aromatic heterocycles. The predicted molar refractivity (Wildman–Crippen MR) is 112 cm³/mol. The average molecular weight is 377 g/mol. The number of fused-ring (bicyclic) bond motifs is 4. The Morgan fingerprint density at radius 2 is 1.72 bits per heavy atom. The quantitative estimate of drug-likeness (QED) is 0.421. The molecule has 0 radical (unpaired) electrons. The van der Waals surface area contributed by atoms with Gasteiger partial charge in [0.25, 0.3) is 0 Å². The molecule has 29 heavy (non-hydrogen) atoms. The monoisotopic (exact) mass is 377 g/mol. The Morgan fingerprint density at radius 3 is 2.62 bits per heavy atom. The van der Waals surface area contributed by atoms with E-state index in [2.05, 4.69) is 40.5 Å². The fourth-order valence-corrected chi connectivity index (χ4v) is 3.95. The molecule has 0 fully saturated rings. The number of furan rings is 1. The van der Waals surface area contributed by atoms with Gasteiger partial charge in [-0.25, -0.2) is 4.98 Å². The van der Waals surface area contributed by atoms with E-state index in [1.165, 1.54) is 0 Å². The topological polar surface area (TPSA) is 69.6 Å². The number of rotatable bonds is 2. The molecule has 0 saturated carbocycles. The number of aryl methyl sites for hydroxylation is 1. The highest BCUT2D eigenvalue weighted by Gasteiger charge is 2.21. The summed E-state index contributed by atoms with van der Waals surface area (Å²) in [6.07, 6.45) is 1.69. The highest BCUT2D eigenvalue weighted by atomic mass is 16.3. The first-order valence-electron chi connectivity index (χ1n) is 9.35. The van der Waals surface area contributed by atoms with Gasteiger partial charge >= 0.3 is 0 Å². The molecular formula is C23H15N5O.